The van der Waals surface area contributed by atoms with Crippen molar-refractivity contribution >= 4 is 15.9 Å². The molecule has 37 heavy (non-hydrogen) atoms. The first kappa shape index (κ1) is 33.3. The van der Waals surface area contributed by atoms with E-state index in [1.165, 1.54) is 24.3 Å². The molecule has 16 heteroatoms. The maximum absolute atomic E-state index is 13.8. The fourth-order valence-electron chi connectivity index (χ4n) is 2.67. The number of benzene rings is 1. The zero-order valence-corrected chi connectivity index (χ0v) is 20.3. The second-order valence-electron chi connectivity index (χ2n) is 7.81. The van der Waals surface area contributed by atoms with E-state index in [2.05, 4.69) is 15.9 Å². The van der Waals surface area contributed by atoms with Gasteiger partial charge in [0.2, 0.25) is 0 Å². The quantitative estimate of drug-likeness (QED) is 0.151. The molecule has 0 fully saturated rings. The van der Waals surface area contributed by atoms with Crippen molar-refractivity contribution in [1.82, 2.24) is 0 Å². The third-order valence-electron chi connectivity index (χ3n) is 4.92. The topological polar surface area (TPSA) is 18.5 Å². The van der Waals surface area contributed by atoms with Crippen LogP contribution in [0.1, 0.15) is 31.7 Å². The molecule has 0 heterocycles. The number of alkyl halides is 13. The van der Waals surface area contributed by atoms with Crippen LogP contribution in [0.3, 0.4) is 0 Å². The zero-order valence-electron chi connectivity index (χ0n) is 18.7. The van der Waals surface area contributed by atoms with Crippen LogP contribution in [0.15, 0.2) is 35.3 Å². The molecule has 0 amide bonds. The van der Waals surface area contributed by atoms with Gasteiger partial charge in [-0.15, -0.1) is 0 Å². The van der Waals surface area contributed by atoms with Crippen molar-refractivity contribution in [3.05, 3.63) is 40.9 Å². The fraction of sp³-hybridized carbons (Fsp3) is 0.619. The van der Waals surface area contributed by atoms with Crippen LogP contribution in [0.4, 0.5) is 57.1 Å². The lowest BCUT2D eigenvalue weighted by Gasteiger charge is -2.39. The van der Waals surface area contributed by atoms with Gasteiger partial charge in [0.25, 0.3) is 0 Å². The van der Waals surface area contributed by atoms with E-state index in [-0.39, 0.29) is 18.5 Å². The number of hydrogen-bond donors (Lipinski definition) is 0. The second kappa shape index (κ2) is 12.0. The van der Waals surface area contributed by atoms with E-state index in [4.69, 9.17) is 9.47 Å². The van der Waals surface area contributed by atoms with Crippen LogP contribution in [0.25, 0.3) is 0 Å². The van der Waals surface area contributed by atoms with E-state index < -0.39 is 55.2 Å². The van der Waals surface area contributed by atoms with Gasteiger partial charge in [-0.1, -0.05) is 34.1 Å². The third-order valence-corrected chi connectivity index (χ3v) is 5.29. The van der Waals surface area contributed by atoms with Gasteiger partial charge in [0.15, 0.2) is 0 Å². The first-order valence-electron chi connectivity index (χ1n) is 10.2. The lowest BCUT2D eigenvalue weighted by molar-refractivity contribution is -0.440. The van der Waals surface area contributed by atoms with Gasteiger partial charge in [-0.05, 0) is 42.4 Å². The molecule has 0 unspecified atom stereocenters. The Kier molecular flexibility index (Phi) is 10.8. The SMILES string of the molecule is C[C@H](C/C=C\Br)OCc1ccc(OCCCC(F)(F)C(F)(F)C(F)(F)C(F)(F)C(F)(F)C(F)(F)F)cc1. The molecule has 2 nitrogen and oxygen atoms in total. The summed E-state index contributed by atoms with van der Waals surface area (Å²) in [6, 6.07) is 5.63. The van der Waals surface area contributed by atoms with Gasteiger partial charge >= 0.3 is 35.8 Å². The first-order valence-corrected chi connectivity index (χ1v) is 11.1. The summed E-state index contributed by atoms with van der Waals surface area (Å²) in [5, 5.41) is 0. The van der Waals surface area contributed by atoms with Crippen LogP contribution in [0.2, 0.25) is 0 Å². The van der Waals surface area contributed by atoms with Gasteiger partial charge in [0.1, 0.15) is 5.75 Å². The first-order chi connectivity index (χ1) is 16.7. The van der Waals surface area contributed by atoms with Crippen molar-refractivity contribution in [2.24, 2.45) is 0 Å². The van der Waals surface area contributed by atoms with Gasteiger partial charge in [0, 0.05) is 6.42 Å². The summed E-state index contributed by atoms with van der Waals surface area (Å²) in [4.78, 5) is 1.66. The second-order valence-corrected chi connectivity index (χ2v) is 8.34. The standard InChI is InChI=1S/C21H20BrF13O2/c1-13(4-2-10-22)37-12-14-5-7-15(8-6-14)36-11-3-9-16(23,24)17(25,26)18(27,28)19(29,30)20(31,32)21(33,34)35/h2,5-8,10,13H,3-4,9,11-12H2,1H3/b10-2-/t13-/m1/s1. The van der Waals surface area contributed by atoms with Crippen LogP contribution < -0.4 is 4.74 Å². The van der Waals surface area contributed by atoms with Crippen LogP contribution in [-0.4, -0.2) is 48.5 Å². The Morgan fingerprint density at radius 1 is 0.784 bits per heavy atom. The molecule has 0 saturated carbocycles. The Balaban J connectivity index is 2.77. The summed E-state index contributed by atoms with van der Waals surface area (Å²) < 4.78 is 181. The number of halogens is 14. The Hall–Kier alpha value is -1.71. The van der Waals surface area contributed by atoms with Crippen LogP contribution >= 0.6 is 15.9 Å². The summed E-state index contributed by atoms with van der Waals surface area (Å²) in [6.45, 7) is 1.16. The Bertz CT molecular complexity index is 883. The molecule has 1 rings (SSSR count). The van der Waals surface area contributed by atoms with Gasteiger partial charge in [-0.25, -0.2) is 0 Å². The molecule has 0 N–H and O–H groups in total. The van der Waals surface area contributed by atoms with E-state index in [1.807, 2.05) is 13.0 Å². The highest BCUT2D eigenvalue weighted by molar-refractivity contribution is 9.11. The minimum atomic E-state index is -7.89. The molecule has 1 aromatic carbocycles. The van der Waals surface area contributed by atoms with E-state index >= 15 is 0 Å². The molecule has 0 saturated heterocycles. The molecule has 0 aliphatic heterocycles. The van der Waals surface area contributed by atoms with Gasteiger partial charge in [0.05, 0.1) is 19.3 Å². The van der Waals surface area contributed by atoms with Crippen molar-refractivity contribution in [3.8, 4) is 5.75 Å². The Morgan fingerprint density at radius 2 is 1.30 bits per heavy atom. The molecule has 0 bridgehead atoms. The highest BCUT2D eigenvalue weighted by Gasteiger charge is 2.90. The molecule has 0 spiro atoms. The maximum Gasteiger partial charge on any atom is 0.460 e. The largest absolute Gasteiger partial charge is 0.494 e. The molecule has 1 aromatic rings. The van der Waals surface area contributed by atoms with E-state index in [0.29, 0.717) is 12.0 Å². The average Bonchev–Trinajstić information content (AvgIpc) is 2.78. The summed E-state index contributed by atoms with van der Waals surface area (Å²) in [5.41, 5.74) is 0.659. The predicted molar refractivity (Wildman–Crippen MR) is 109 cm³/mol. The molecule has 0 radical (unpaired) electrons. The molecular weight excluding hydrogens is 611 g/mol. The minimum Gasteiger partial charge on any atom is -0.494 e. The lowest BCUT2D eigenvalue weighted by Crippen LogP contribution is -2.70. The molecule has 0 aliphatic carbocycles. The summed E-state index contributed by atoms with van der Waals surface area (Å²) in [5.74, 6) is -36.8. The number of hydrogen-bond acceptors (Lipinski definition) is 2. The summed E-state index contributed by atoms with van der Waals surface area (Å²) in [6.07, 6.45) is -8.60. The summed E-state index contributed by atoms with van der Waals surface area (Å²) >= 11 is 3.10. The highest BCUT2D eigenvalue weighted by Crippen LogP contribution is 2.60. The Labute approximate surface area is 210 Å². The minimum absolute atomic E-state index is 0.00998. The fourth-order valence-corrected chi connectivity index (χ4v) is 2.89. The van der Waals surface area contributed by atoms with Crippen molar-refractivity contribution in [2.75, 3.05) is 6.61 Å². The zero-order chi connectivity index (χ0) is 28.9. The molecule has 214 valence electrons. The van der Waals surface area contributed by atoms with Crippen molar-refractivity contribution in [3.63, 3.8) is 0 Å². The highest BCUT2D eigenvalue weighted by atomic mass is 79.9. The van der Waals surface area contributed by atoms with Crippen LogP contribution in [0.5, 0.6) is 5.75 Å². The number of ether oxygens (including phenoxy) is 2. The van der Waals surface area contributed by atoms with Crippen molar-refractivity contribution < 1.29 is 66.5 Å². The third kappa shape index (κ3) is 7.24. The van der Waals surface area contributed by atoms with Gasteiger partial charge < -0.3 is 9.47 Å². The summed E-state index contributed by atoms with van der Waals surface area (Å²) in [7, 11) is 0. The monoisotopic (exact) mass is 630 g/mol. The smallest absolute Gasteiger partial charge is 0.460 e. The predicted octanol–water partition coefficient (Wildman–Crippen LogP) is 8.79. The lowest BCUT2D eigenvalue weighted by atomic mass is 9.92. The molecule has 1 atom stereocenters. The van der Waals surface area contributed by atoms with E-state index in [1.54, 1.807) is 4.99 Å². The number of rotatable bonds is 14. The van der Waals surface area contributed by atoms with Gasteiger partial charge in [-0.2, -0.15) is 57.1 Å². The van der Waals surface area contributed by atoms with Crippen molar-refractivity contribution in [1.29, 1.82) is 0 Å². The van der Waals surface area contributed by atoms with E-state index in [9.17, 15) is 57.1 Å². The normalized spacial score (nSPS) is 15.3. The van der Waals surface area contributed by atoms with Crippen molar-refractivity contribution in [2.45, 2.75) is 74.7 Å². The van der Waals surface area contributed by atoms with Crippen LogP contribution in [-0.2, 0) is 11.3 Å². The molecule has 0 aliphatic rings. The van der Waals surface area contributed by atoms with Crippen LogP contribution in [0, 0.1) is 0 Å². The van der Waals surface area contributed by atoms with Gasteiger partial charge in [-0.3, -0.25) is 0 Å². The molecular formula is C21H20BrF13O2. The molecule has 0 aromatic heterocycles. The Morgan fingerprint density at radius 3 is 1.78 bits per heavy atom. The maximum atomic E-state index is 13.8. The van der Waals surface area contributed by atoms with E-state index in [0.717, 1.165) is 0 Å². The average molecular weight is 631 g/mol.